The van der Waals surface area contributed by atoms with Crippen molar-refractivity contribution in [2.45, 2.75) is 125 Å². The third-order valence-electron chi connectivity index (χ3n) is 13.3. The molecule has 1 aromatic carbocycles. The fourth-order valence-electron chi connectivity index (χ4n) is 11.4. The van der Waals surface area contributed by atoms with Crippen LogP contribution in [0.3, 0.4) is 0 Å². The van der Waals surface area contributed by atoms with Gasteiger partial charge in [0.05, 0.1) is 6.10 Å². The van der Waals surface area contributed by atoms with E-state index < -0.39 is 0 Å². The number of rotatable bonds is 7. The molecule has 4 fully saturated rings. The maximum atomic E-state index is 11.5. The zero-order chi connectivity index (χ0) is 27.5. The first-order chi connectivity index (χ1) is 17.9. The van der Waals surface area contributed by atoms with E-state index >= 15 is 0 Å². The highest BCUT2D eigenvalue weighted by Gasteiger charge is 2.64. The number of aliphatic hydroxyl groups excluding tert-OH is 1. The predicted molar refractivity (Wildman–Crippen MR) is 162 cm³/mol. The van der Waals surface area contributed by atoms with Crippen molar-refractivity contribution in [2.24, 2.45) is 57.7 Å². The molecule has 10 unspecified atom stereocenters. The smallest absolute Gasteiger partial charge is 0.0600 e. The summed E-state index contributed by atoms with van der Waals surface area (Å²) in [5.41, 5.74) is 15.8. The Morgan fingerprint density at radius 1 is 0.868 bits per heavy atom. The standard InChI is InChI=1S/C35H58N2O/c1-22(2)8-7-9-23(3)27-13-14-28-26-12-15-31-34(5,29(26)16-18-33(27,28)4)19-17-32(38)35(31,6)21-24-10-11-25(36)20-30(24)37/h10-11,20,22-23,26-29,31-32,38H,7-9,12-19,21,36-37H2,1-6H3. The molecule has 4 aliphatic rings. The van der Waals surface area contributed by atoms with Gasteiger partial charge < -0.3 is 16.6 Å². The summed E-state index contributed by atoms with van der Waals surface area (Å²) in [6.07, 6.45) is 15.3. The van der Waals surface area contributed by atoms with Gasteiger partial charge >= 0.3 is 0 Å². The van der Waals surface area contributed by atoms with Crippen molar-refractivity contribution in [3.8, 4) is 0 Å². The van der Waals surface area contributed by atoms with E-state index in [-0.39, 0.29) is 11.5 Å². The summed E-state index contributed by atoms with van der Waals surface area (Å²) in [4.78, 5) is 0. The lowest BCUT2D eigenvalue weighted by Crippen LogP contribution is -2.60. The van der Waals surface area contributed by atoms with Gasteiger partial charge in [-0.2, -0.15) is 0 Å². The minimum absolute atomic E-state index is 0.133. The summed E-state index contributed by atoms with van der Waals surface area (Å²) in [5, 5.41) is 11.5. The molecule has 0 heterocycles. The zero-order valence-corrected chi connectivity index (χ0v) is 25.4. The number of hydrogen-bond acceptors (Lipinski definition) is 3. The topological polar surface area (TPSA) is 72.3 Å². The van der Waals surface area contributed by atoms with Crippen LogP contribution in [0, 0.1) is 57.7 Å². The fourth-order valence-corrected chi connectivity index (χ4v) is 11.4. The van der Waals surface area contributed by atoms with E-state index in [0.29, 0.717) is 16.7 Å². The van der Waals surface area contributed by atoms with Gasteiger partial charge in [-0.15, -0.1) is 0 Å². The molecule has 0 aromatic heterocycles. The first kappa shape index (κ1) is 28.3. The molecule has 0 bridgehead atoms. The Labute approximate surface area is 233 Å². The minimum Gasteiger partial charge on any atom is -0.399 e. The Hall–Kier alpha value is -1.22. The summed E-state index contributed by atoms with van der Waals surface area (Å²) >= 11 is 0. The molecule has 214 valence electrons. The molecule has 3 heteroatoms. The quantitative estimate of drug-likeness (QED) is 0.314. The van der Waals surface area contributed by atoms with Crippen LogP contribution < -0.4 is 11.5 Å². The zero-order valence-electron chi connectivity index (χ0n) is 25.4. The number of nitrogen functional groups attached to an aromatic ring is 2. The normalized spacial score (nSPS) is 43.4. The second-order valence-corrected chi connectivity index (χ2v) is 15.7. The van der Waals surface area contributed by atoms with Gasteiger partial charge in [-0.25, -0.2) is 0 Å². The number of anilines is 2. The van der Waals surface area contributed by atoms with Gasteiger partial charge in [0.2, 0.25) is 0 Å². The van der Waals surface area contributed by atoms with Gasteiger partial charge in [0.1, 0.15) is 0 Å². The van der Waals surface area contributed by atoms with E-state index in [1.807, 2.05) is 12.1 Å². The highest BCUT2D eigenvalue weighted by molar-refractivity contribution is 5.57. The lowest BCUT2D eigenvalue weighted by Gasteiger charge is -2.65. The Morgan fingerprint density at radius 3 is 2.29 bits per heavy atom. The van der Waals surface area contributed by atoms with Crippen molar-refractivity contribution in [1.29, 1.82) is 0 Å². The highest BCUT2D eigenvalue weighted by atomic mass is 16.3. The van der Waals surface area contributed by atoms with Crippen LogP contribution in [0.15, 0.2) is 18.2 Å². The summed E-state index contributed by atoms with van der Waals surface area (Å²) < 4.78 is 0. The van der Waals surface area contributed by atoms with Crippen molar-refractivity contribution in [2.75, 3.05) is 11.5 Å². The Morgan fingerprint density at radius 2 is 1.58 bits per heavy atom. The maximum Gasteiger partial charge on any atom is 0.0600 e. The van der Waals surface area contributed by atoms with E-state index in [2.05, 4.69) is 47.6 Å². The molecule has 0 amide bonds. The average Bonchev–Trinajstić information content (AvgIpc) is 3.21. The number of benzene rings is 1. The molecule has 5 N–H and O–H groups in total. The Kier molecular flexibility index (Phi) is 7.68. The molecule has 38 heavy (non-hydrogen) atoms. The van der Waals surface area contributed by atoms with Gasteiger partial charge in [0.25, 0.3) is 0 Å². The molecule has 0 aliphatic heterocycles. The van der Waals surface area contributed by atoms with E-state index in [0.717, 1.165) is 65.3 Å². The number of fused-ring (bicyclic) bond motifs is 5. The second kappa shape index (κ2) is 10.3. The first-order valence-corrected chi connectivity index (χ1v) is 16.2. The molecule has 3 nitrogen and oxygen atoms in total. The average molecular weight is 523 g/mol. The van der Waals surface area contributed by atoms with E-state index in [1.54, 1.807) is 0 Å². The van der Waals surface area contributed by atoms with Crippen LogP contribution >= 0.6 is 0 Å². The van der Waals surface area contributed by atoms with Crippen molar-refractivity contribution < 1.29 is 5.11 Å². The lowest BCUT2D eigenvalue weighted by atomic mass is 9.40. The Balaban J connectivity index is 1.36. The Bertz CT molecular complexity index is 990. The van der Waals surface area contributed by atoms with Crippen LogP contribution in [0.25, 0.3) is 0 Å². The minimum atomic E-state index is -0.259. The lowest BCUT2D eigenvalue weighted by molar-refractivity contribution is -0.184. The SMILES string of the molecule is CC(C)CCCC(C)C1CCC2C3CCC4C(C)(Cc5ccc(N)cc5N)C(O)CCC4(C)C3CCC12C. The van der Waals surface area contributed by atoms with Gasteiger partial charge in [0.15, 0.2) is 0 Å². The molecular formula is C35H58N2O. The number of nitrogens with two attached hydrogens (primary N) is 2. The van der Waals surface area contributed by atoms with Crippen LogP contribution in [-0.4, -0.2) is 11.2 Å². The molecule has 0 radical (unpaired) electrons. The van der Waals surface area contributed by atoms with Crippen LogP contribution in [0.1, 0.15) is 118 Å². The summed E-state index contributed by atoms with van der Waals surface area (Å²) in [6.45, 7) is 15.0. The third-order valence-corrected chi connectivity index (χ3v) is 13.3. The van der Waals surface area contributed by atoms with Crippen LogP contribution in [0.2, 0.25) is 0 Å². The summed E-state index contributed by atoms with van der Waals surface area (Å²) in [5.74, 6) is 5.75. The molecule has 0 saturated heterocycles. The second-order valence-electron chi connectivity index (χ2n) is 15.7. The van der Waals surface area contributed by atoms with Crippen molar-refractivity contribution >= 4 is 11.4 Å². The molecule has 5 rings (SSSR count). The monoisotopic (exact) mass is 522 g/mol. The highest BCUT2D eigenvalue weighted by Crippen LogP contribution is 2.70. The van der Waals surface area contributed by atoms with Gasteiger partial charge in [0, 0.05) is 16.8 Å². The molecule has 1 aromatic rings. The van der Waals surface area contributed by atoms with Gasteiger partial charge in [-0.1, -0.05) is 66.9 Å². The van der Waals surface area contributed by atoms with E-state index in [1.165, 1.54) is 64.2 Å². The van der Waals surface area contributed by atoms with Crippen molar-refractivity contribution in [3.05, 3.63) is 23.8 Å². The maximum absolute atomic E-state index is 11.5. The van der Waals surface area contributed by atoms with Crippen LogP contribution in [0.4, 0.5) is 11.4 Å². The van der Waals surface area contributed by atoms with E-state index in [9.17, 15) is 5.11 Å². The predicted octanol–water partition coefficient (Wildman–Crippen LogP) is 8.49. The van der Waals surface area contributed by atoms with Crippen LogP contribution in [0.5, 0.6) is 0 Å². The van der Waals surface area contributed by atoms with Crippen molar-refractivity contribution in [3.63, 3.8) is 0 Å². The molecule has 0 spiro atoms. The molecule has 4 saturated carbocycles. The van der Waals surface area contributed by atoms with Crippen LogP contribution in [-0.2, 0) is 6.42 Å². The molecule has 4 aliphatic carbocycles. The third kappa shape index (κ3) is 4.61. The molecule has 10 atom stereocenters. The largest absolute Gasteiger partial charge is 0.399 e. The van der Waals surface area contributed by atoms with Gasteiger partial charge in [-0.3, -0.25) is 0 Å². The number of hydrogen-bond donors (Lipinski definition) is 3. The van der Waals surface area contributed by atoms with Gasteiger partial charge in [-0.05, 0) is 128 Å². The summed E-state index contributed by atoms with van der Waals surface area (Å²) in [6, 6.07) is 5.97. The number of aliphatic hydroxyl groups is 1. The van der Waals surface area contributed by atoms with Crippen molar-refractivity contribution in [1.82, 2.24) is 0 Å². The molecular weight excluding hydrogens is 464 g/mol. The fraction of sp³-hybridized carbons (Fsp3) is 0.829. The van der Waals surface area contributed by atoms with E-state index in [4.69, 9.17) is 11.5 Å². The summed E-state index contributed by atoms with van der Waals surface area (Å²) in [7, 11) is 0. The first-order valence-electron chi connectivity index (χ1n) is 16.2.